The molecule has 3 fully saturated rings. The van der Waals surface area contributed by atoms with Crippen molar-refractivity contribution in [2.45, 2.75) is 87.5 Å². The summed E-state index contributed by atoms with van der Waals surface area (Å²) >= 11 is 3.01. The van der Waals surface area contributed by atoms with Gasteiger partial charge in [-0.05, 0) is 93.1 Å². The van der Waals surface area contributed by atoms with E-state index >= 15 is 0 Å². The predicted octanol–water partition coefficient (Wildman–Crippen LogP) is 4.00. The average molecular weight is 1060 g/mol. The molecule has 0 saturated heterocycles. The molecule has 3 aliphatic carbocycles. The molecule has 3 saturated carbocycles. The van der Waals surface area contributed by atoms with E-state index in [0.717, 1.165) is 54.6 Å². The monoisotopic (exact) mass is 1060 g/mol. The first-order valence-electron chi connectivity index (χ1n) is 18.1. The second-order valence-electron chi connectivity index (χ2n) is 14.5. The summed E-state index contributed by atoms with van der Waals surface area (Å²) < 4.78 is 191. The molecule has 0 spiro atoms. The number of halogens is 10. The van der Waals surface area contributed by atoms with Gasteiger partial charge in [-0.25, -0.2) is 25.3 Å². The topological polar surface area (TPSA) is 245 Å². The van der Waals surface area contributed by atoms with E-state index in [1.54, 1.807) is 0 Å². The van der Waals surface area contributed by atoms with Gasteiger partial charge < -0.3 is 20.8 Å². The number of benzene rings is 3. The molecule has 4 N–H and O–H groups in total. The molecule has 3 aromatic rings. The summed E-state index contributed by atoms with van der Waals surface area (Å²) in [5, 5.41) is 6.31. The zero-order valence-corrected chi connectivity index (χ0v) is 37.9. The maximum atomic E-state index is 12.6. The van der Waals surface area contributed by atoms with E-state index in [9.17, 15) is 79.2 Å². The van der Waals surface area contributed by atoms with Gasteiger partial charge in [-0.2, -0.15) is 39.5 Å². The van der Waals surface area contributed by atoms with Crippen LogP contribution in [0.15, 0.2) is 87.5 Å². The van der Waals surface area contributed by atoms with Crippen LogP contribution in [0.25, 0.3) is 0 Å². The molecule has 6 rings (SSSR count). The summed E-state index contributed by atoms with van der Waals surface area (Å²) in [6.07, 6.45) is -13.4. The van der Waals surface area contributed by atoms with Crippen molar-refractivity contribution < 1.29 is 119 Å². The summed E-state index contributed by atoms with van der Waals surface area (Å²) in [4.78, 5) is 32.1. The number of carboxylic acid groups (broad SMARTS) is 1. The maximum Gasteiger partial charge on any atom is 1.00 e. The smallest absolute Gasteiger partial charge is 0.870 e. The summed E-state index contributed by atoms with van der Waals surface area (Å²) in [5.74, 6) is -3.22. The Balaban J connectivity index is 0.000000477. The Morgan fingerprint density at radius 2 is 0.862 bits per heavy atom. The number of ketones is 1. The van der Waals surface area contributed by atoms with Gasteiger partial charge in [-0.3, -0.25) is 14.4 Å². The number of Topliss-reactive ketones (excluding diaryl/α,β-unsaturated/α-hetero) is 1. The van der Waals surface area contributed by atoms with Gasteiger partial charge in [0.25, 0.3) is 0 Å². The zero-order chi connectivity index (χ0) is 46.8. The van der Waals surface area contributed by atoms with Crippen molar-refractivity contribution in [1.29, 1.82) is 0 Å². The molecule has 0 bridgehead atoms. The SMILES string of the molecule is COC(=O)C1CC(S(=O)(=O)c2cccc(C(F)(F)F)c2)C1.O.O=C(CBr)C1CC(S(=O)(=O)c2cccc(C(F)(F)F)c2)C1.O=C(O)C1CC(S(=O)(=O)c2cccc(C(F)(F)F)c2)C1.[Li+].[OH-]. The Labute approximate surface area is 387 Å². The number of aliphatic carboxylic acids is 1. The van der Waals surface area contributed by atoms with Crippen LogP contribution in [0, 0.1) is 17.8 Å². The second kappa shape index (κ2) is 22.5. The minimum Gasteiger partial charge on any atom is -0.870 e. The number of ether oxygens (including phenoxy) is 1. The Bertz CT molecular complexity index is 2370. The third-order valence-corrected chi connectivity index (χ3v) is 17.6. The summed E-state index contributed by atoms with van der Waals surface area (Å²) in [7, 11) is -10.4. The zero-order valence-electron chi connectivity index (χ0n) is 33.8. The molecule has 3 aliphatic rings. The number of esters is 1. The van der Waals surface area contributed by atoms with Gasteiger partial charge in [-0.1, -0.05) is 34.1 Å². The van der Waals surface area contributed by atoms with Gasteiger partial charge in [0.1, 0.15) is 5.78 Å². The fraction of sp³-hybridized carbons (Fsp3) is 0.447. The minimum absolute atomic E-state index is 0. The second-order valence-corrected chi connectivity index (χ2v) is 21.8. The molecule has 358 valence electrons. The number of hydrogen-bond donors (Lipinski definition) is 1. The Morgan fingerprint density at radius 1 is 0.585 bits per heavy atom. The number of carbonyl (C=O) groups is 3. The van der Waals surface area contributed by atoms with Gasteiger partial charge in [-0.15, -0.1) is 0 Å². The molecule has 3 aromatic carbocycles. The van der Waals surface area contributed by atoms with E-state index in [1.807, 2.05) is 0 Å². The molecule has 65 heavy (non-hydrogen) atoms. The van der Waals surface area contributed by atoms with Crippen molar-refractivity contribution in [3.8, 4) is 0 Å². The molecule has 27 heteroatoms. The van der Waals surface area contributed by atoms with E-state index < -0.39 is 109 Å². The van der Waals surface area contributed by atoms with Gasteiger partial charge >= 0.3 is 49.3 Å². The molecule has 0 aliphatic heterocycles. The molecule has 0 unspecified atom stereocenters. The quantitative estimate of drug-likeness (QED) is 0.131. The van der Waals surface area contributed by atoms with Crippen LogP contribution in [0.2, 0.25) is 0 Å². The molecule has 0 amide bonds. The standard InChI is InChI=1S/C13H12BrF3O3S.C13H13F3O4S.C12H11F3O4S.Li.2H2O/c14-7-12(18)8-4-11(5-8)21(19,20)10-3-1-2-9(6-10)13(15,16)17;1-20-12(17)8-5-11(6-8)21(18,19)10-4-2-3-9(7-10)13(14,15)16;13-12(14,15)8-2-1-3-9(6-8)20(18,19)10-4-7(5-10)11(16)17;;;/h1-3,6,8,11H,4-5,7H2;2-4,7-8,11H,5-6H2,1H3;1-3,6-7,10H,4-5H2,(H,16,17);;2*1H2/q;;;+1;;/p-1. The van der Waals surface area contributed by atoms with Crippen LogP contribution in [0.1, 0.15) is 55.2 Å². The Morgan fingerprint density at radius 3 is 1.11 bits per heavy atom. The molecular formula is C38H39BrF9LiO13S3. The molecule has 0 atom stereocenters. The number of methoxy groups -OCH3 is 1. The normalized spacial score (nSPS) is 21.7. The first-order valence-corrected chi connectivity index (χ1v) is 23.8. The molecule has 0 radical (unpaired) electrons. The van der Waals surface area contributed by atoms with E-state index in [4.69, 9.17) is 5.11 Å². The van der Waals surface area contributed by atoms with Crippen molar-refractivity contribution in [3.05, 3.63) is 89.5 Å². The maximum absolute atomic E-state index is 12.6. The fourth-order valence-corrected chi connectivity index (χ4v) is 12.7. The van der Waals surface area contributed by atoms with E-state index in [2.05, 4.69) is 20.7 Å². The Kier molecular flexibility index (Phi) is 20.6. The number of alkyl halides is 10. The van der Waals surface area contributed by atoms with Crippen LogP contribution in [0.4, 0.5) is 39.5 Å². The fourth-order valence-electron chi connectivity index (χ4n) is 6.52. The number of rotatable bonds is 10. The minimum atomic E-state index is -4.62. The van der Waals surface area contributed by atoms with Crippen LogP contribution in [0.3, 0.4) is 0 Å². The van der Waals surface area contributed by atoms with E-state index in [1.165, 1.54) is 7.11 Å². The molecule has 0 heterocycles. The van der Waals surface area contributed by atoms with Crippen LogP contribution in [0.5, 0.6) is 0 Å². The van der Waals surface area contributed by atoms with Gasteiger partial charge in [0.2, 0.25) is 0 Å². The number of hydrogen-bond acceptors (Lipinski definition) is 11. The summed E-state index contributed by atoms with van der Waals surface area (Å²) in [5.41, 5.74) is -3.03. The Hall–Kier alpha value is -3.51. The van der Waals surface area contributed by atoms with Gasteiger partial charge in [0.15, 0.2) is 29.5 Å². The summed E-state index contributed by atoms with van der Waals surface area (Å²) in [6, 6.07) is 10.9. The van der Waals surface area contributed by atoms with Crippen LogP contribution >= 0.6 is 15.9 Å². The van der Waals surface area contributed by atoms with Crippen LogP contribution in [-0.4, -0.2) is 87.2 Å². The average Bonchev–Trinajstić information content (AvgIpc) is 3.12. The van der Waals surface area contributed by atoms with Crippen molar-refractivity contribution in [2.75, 3.05) is 12.4 Å². The number of carboxylic acids is 1. The third-order valence-electron chi connectivity index (χ3n) is 10.5. The van der Waals surface area contributed by atoms with E-state index in [-0.39, 0.29) is 95.2 Å². The van der Waals surface area contributed by atoms with Crippen LogP contribution < -0.4 is 18.9 Å². The van der Waals surface area contributed by atoms with Crippen molar-refractivity contribution in [1.82, 2.24) is 0 Å². The van der Waals surface area contributed by atoms with Crippen LogP contribution in [-0.2, 0) is 67.2 Å². The summed E-state index contributed by atoms with van der Waals surface area (Å²) in [6.45, 7) is 0. The molecular weight excluding hydrogens is 1020 g/mol. The predicted molar refractivity (Wildman–Crippen MR) is 209 cm³/mol. The van der Waals surface area contributed by atoms with Gasteiger partial charge in [0, 0.05) is 5.92 Å². The van der Waals surface area contributed by atoms with Gasteiger partial charge in [0.05, 0.1) is 71.4 Å². The van der Waals surface area contributed by atoms with Crippen molar-refractivity contribution in [3.63, 3.8) is 0 Å². The first kappa shape index (κ1) is 59.5. The van der Waals surface area contributed by atoms with Crippen molar-refractivity contribution in [2.24, 2.45) is 17.8 Å². The van der Waals surface area contributed by atoms with Crippen molar-refractivity contribution >= 4 is 63.2 Å². The largest absolute Gasteiger partial charge is 1.00 e. The molecule has 13 nitrogen and oxygen atoms in total. The molecule has 0 aromatic heterocycles. The number of carbonyl (C=O) groups excluding carboxylic acids is 2. The van der Waals surface area contributed by atoms with E-state index in [0.29, 0.717) is 18.2 Å². The number of sulfone groups is 3. The first-order chi connectivity index (χ1) is 28.4. The third kappa shape index (κ3) is 14.3.